The van der Waals surface area contributed by atoms with Gasteiger partial charge >= 0.3 is 0 Å². The lowest BCUT2D eigenvalue weighted by Gasteiger charge is -2.13. The van der Waals surface area contributed by atoms with Crippen LogP contribution in [0.15, 0.2) is 21.3 Å². The number of methoxy groups -OCH3 is 1. The van der Waals surface area contributed by atoms with E-state index in [1.54, 1.807) is 19.2 Å². The van der Waals surface area contributed by atoms with Crippen LogP contribution >= 0.6 is 11.3 Å². The van der Waals surface area contributed by atoms with Gasteiger partial charge in [0.2, 0.25) is 10.0 Å². The summed E-state index contributed by atoms with van der Waals surface area (Å²) in [4.78, 5) is 5.01. The van der Waals surface area contributed by atoms with Gasteiger partial charge in [0.25, 0.3) is 0 Å². The van der Waals surface area contributed by atoms with E-state index in [9.17, 15) is 8.42 Å². The van der Waals surface area contributed by atoms with Crippen LogP contribution in [-0.2, 0) is 14.8 Å². The van der Waals surface area contributed by atoms with E-state index in [4.69, 9.17) is 10.5 Å². The molecule has 1 heterocycles. The first-order valence-electron chi connectivity index (χ1n) is 6.46. The SMILES string of the molecule is COCC(C)NC(N)=NCCNS(=O)(=O)c1ccc(C)s1. The number of nitrogens with zero attached hydrogens (tertiary/aromatic N) is 1. The van der Waals surface area contributed by atoms with Gasteiger partial charge in [0.05, 0.1) is 13.2 Å². The fourth-order valence-electron chi connectivity index (χ4n) is 1.57. The number of aryl methyl sites for hydroxylation is 1. The maximum absolute atomic E-state index is 11.9. The number of guanidine groups is 1. The highest BCUT2D eigenvalue weighted by atomic mass is 32.2. The van der Waals surface area contributed by atoms with Crippen molar-refractivity contribution in [2.75, 3.05) is 26.8 Å². The van der Waals surface area contributed by atoms with Crippen LogP contribution in [0.1, 0.15) is 11.8 Å². The van der Waals surface area contributed by atoms with E-state index in [1.165, 1.54) is 11.3 Å². The van der Waals surface area contributed by atoms with Crippen molar-refractivity contribution in [2.45, 2.75) is 24.1 Å². The van der Waals surface area contributed by atoms with Gasteiger partial charge in [0.1, 0.15) is 4.21 Å². The first-order chi connectivity index (χ1) is 9.85. The van der Waals surface area contributed by atoms with Crippen LogP contribution in [-0.4, -0.2) is 47.2 Å². The lowest BCUT2D eigenvalue weighted by molar-refractivity contribution is 0.179. The Kier molecular flexibility index (Phi) is 7.09. The quantitative estimate of drug-likeness (QED) is 0.360. The monoisotopic (exact) mass is 334 g/mol. The summed E-state index contributed by atoms with van der Waals surface area (Å²) in [6.07, 6.45) is 0. The zero-order valence-corrected chi connectivity index (χ0v) is 14.1. The second-order valence-electron chi connectivity index (χ2n) is 4.53. The van der Waals surface area contributed by atoms with Crippen molar-refractivity contribution in [1.29, 1.82) is 0 Å². The summed E-state index contributed by atoms with van der Waals surface area (Å²) < 4.78 is 31.6. The molecule has 0 amide bonds. The molecule has 1 atom stereocenters. The van der Waals surface area contributed by atoms with Crippen LogP contribution < -0.4 is 15.8 Å². The molecule has 0 bridgehead atoms. The lowest BCUT2D eigenvalue weighted by atomic mass is 10.4. The molecule has 0 aliphatic heterocycles. The molecule has 0 aliphatic rings. The molecule has 0 saturated carbocycles. The minimum absolute atomic E-state index is 0.0459. The van der Waals surface area contributed by atoms with Gasteiger partial charge in [-0.05, 0) is 26.0 Å². The van der Waals surface area contributed by atoms with E-state index in [0.717, 1.165) is 4.88 Å². The summed E-state index contributed by atoms with van der Waals surface area (Å²) in [5.41, 5.74) is 5.68. The number of thiophene rings is 1. The zero-order chi connectivity index (χ0) is 15.9. The Balaban J connectivity index is 2.39. The molecule has 0 fully saturated rings. The van der Waals surface area contributed by atoms with Crippen LogP contribution in [0, 0.1) is 6.92 Å². The highest BCUT2D eigenvalue weighted by Gasteiger charge is 2.14. The molecule has 9 heteroatoms. The number of aliphatic imine (C=N–C) groups is 1. The van der Waals surface area contributed by atoms with E-state index in [1.807, 2.05) is 13.8 Å². The Morgan fingerprint density at radius 2 is 2.24 bits per heavy atom. The fraction of sp³-hybridized carbons (Fsp3) is 0.583. The van der Waals surface area contributed by atoms with E-state index in [0.29, 0.717) is 10.8 Å². The number of ether oxygens (including phenoxy) is 1. The maximum atomic E-state index is 11.9. The Morgan fingerprint density at radius 3 is 2.81 bits per heavy atom. The van der Waals surface area contributed by atoms with Crippen molar-refractivity contribution in [1.82, 2.24) is 10.0 Å². The minimum Gasteiger partial charge on any atom is -0.383 e. The van der Waals surface area contributed by atoms with Crippen LogP contribution in [0.2, 0.25) is 0 Å². The third kappa shape index (κ3) is 6.42. The number of sulfonamides is 1. The molecule has 0 spiro atoms. The van der Waals surface area contributed by atoms with E-state index >= 15 is 0 Å². The molecule has 1 unspecified atom stereocenters. The molecular formula is C12H22N4O3S2. The molecule has 1 rings (SSSR count). The Morgan fingerprint density at radius 1 is 1.52 bits per heavy atom. The molecule has 0 radical (unpaired) electrons. The van der Waals surface area contributed by atoms with Gasteiger partial charge in [-0.25, -0.2) is 13.1 Å². The van der Waals surface area contributed by atoms with Gasteiger partial charge < -0.3 is 15.8 Å². The summed E-state index contributed by atoms with van der Waals surface area (Å²) in [7, 11) is -1.85. The van der Waals surface area contributed by atoms with Crippen molar-refractivity contribution >= 4 is 27.3 Å². The van der Waals surface area contributed by atoms with E-state index in [-0.39, 0.29) is 25.1 Å². The second-order valence-corrected chi connectivity index (χ2v) is 7.81. The second kappa shape index (κ2) is 8.32. The Labute approximate surface area is 129 Å². The first-order valence-corrected chi connectivity index (χ1v) is 8.76. The molecular weight excluding hydrogens is 312 g/mol. The van der Waals surface area contributed by atoms with Gasteiger partial charge in [0, 0.05) is 24.6 Å². The summed E-state index contributed by atoms with van der Waals surface area (Å²) in [6, 6.07) is 3.41. The summed E-state index contributed by atoms with van der Waals surface area (Å²) in [5, 5.41) is 2.94. The molecule has 21 heavy (non-hydrogen) atoms. The van der Waals surface area contributed by atoms with Crippen LogP contribution in [0.5, 0.6) is 0 Å². The average Bonchev–Trinajstić information content (AvgIpc) is 2.82. The third-order valence-corrected chi connectivity index (χ3v) is 5.43. The zero-order valence-electron chi connectivity index (χ0n) is 12.4. The predicted molar refractivity (Wildman–Crippen MR) is 85.2 cm³/mol. The van der Waals surface area contributed by atoms with Crippen molar-refractivity contribution < 1.29 is 13.2 Å². The maximum Gasteiger partial charge on any atom is 0.250 e. The minimum atomic E-state index is -3.45. The number of hydrogen-bond donors (Lipinski definition) is 3. The predicted octanol–water partition coefficient (Wildman–Crippen LogP) is 0.274. The van der Waals surface area contributed by atoms with Crippen molar-refractivity contribution in [3.63, 3.8) is 0 Å². The third-order valence-electron chi connectivity index (χ3n) is 2.48. The molecule has 7 nitrogen and oxygen atoms in total. The molecule has 4 N–H and O–H groups in total. The molecule has 1 aromatic heterocycles. The van der Waals surface area contributed by atoms with E-state index in [2.05, 4.69) is 15.0 Å². The average molecular weight is 334 g/mol. The van der Waals surface area contributed by atoms with Crippen LogP contribution in [0.25, 0.3) is 0 Å². The molecule has 0 aromatic carbocycles. The molecule has 0 saturated heterocycles. The number of nitrogens with one attached hydrogen (secondary N) is 2. The topological polar surface area (TPSA) is 106 Å². The molecule has 1 aromatic rings. The van der Waals surface area contributed by atoms with Crippen LogP contribution in [0.3, 0.4) is 0 Å². The van der Waals surface area contributed by atoms with Gasteiger partial charge in [-0.15, -0.1) is 11.3 Å². The Bertz CT molecular complexity index is 569. The number of nitrogens with two attached hydrogens (primary N) is 1. The van der Waals surface area contributed by atoms with Gasteiger partial charge in [-0.1, -0.05) is 0 Å². The number of rotatable bonds is 8. The van der Waals surface area contributed by atoms with Crippen molar-refractivity contribution in [3.05, 3.63) is 17.0 Å². The van der Waals surface area contributed by atoms with Gasteiger partial charge in [-0.3, -0.25) is 4.99 Å². The number of hydrogen-bond acceptors (Lipinski definition) is 5. The summed E-state index contributed by atoms with van der Waals surface area (Å²) in [6.45, 7) is 4.75. The van der Waals surface area contributed by atoms with Crippen molar-refractivity contribution in [2.24, 2.45) is 10.7 Å². The normalized spacial score (nSPS) is 14.1. The highest BCUT2D eigenvalue weighted by molar-refractivity contribution is 7.91. The summed E-state index contributed by atoms with van der Waals surface area (Å²) in [5.74, 6) is 0.269. The lowest BCUT2D eigenvalue weighted by Crippen LogP contribution is -2.41. The standard InChI is InChI=1S/C12H22N4O3S2/c1-9(8-19-3)16-12(13)14-6-7-15-21(17,18)11-5-4-10(2)20-11/h4-5,9,15H,6-8H2,1-3H3,(H3,13,14,16). The van der Waals surface area contributed by atoms with Crippen LogP contribution in [0.4, 0.5) is 0 Å². The largest absolute Gasteiger partial charge is 0.383 e. The van der Waals surface area contributed by atoms with Gasteiger partial charge in [-0.2, -0.15) is 0 Å². The van der Waals surface area contributed by atoms with Gasteiger partial charge in [0.15, 0.2) is 5.96 Å². The first kappa shape index (κ1) is 17.9. The smallest absolute Gasteiger partial charge is 0.250 e. The van der Waals surface area contributed by atoms with Crippen molar-refractivity contribution in [3.8, 4) is 0 Å². The molecule has 0 aliphatic carbocycles. The Hall–Kier alpha value is -1.16. The molecule has 120 valence electrons. The summed E-state index contributed by atoms with van der Waals surface area (Å²) >= 11 is 1.24. The van der Waals surface area contributed by atoms with E-state index < -0.39 is 10.0 Å². The highest BCUT2D eigenvalue weighted by Crippen LogP contribution is 2.19. The fourth-order valence-corrected chi connectivity index (χ4v) is 3.92.